The van der Waals surface area contributed by atoms with Crippen LogP contribution in [0.5, 0.6) is 0 Å². The summed E-state index contributed by atoms with van der Waals surface area (Å²) in [5.74, 6) is 0. The Bertz CT molecular complexity index is 343. The normalized spacial score (nSPS) is 12.3. The van der Waals surface area contributed by atoms with E-state index in [0.717, 1.165) is 32.1 Å². The number of aliphatic hydroxyl groups excluding tert-OH is 1. The number of rotatable bonds is 9. The van der Waals surface area contributed by atoms with E-state index >= 15 is 0 Å². The predicted molar refractivity (Wildman–Crippen MR) is 78.8 cm³/mol. The molecule has 1 aromatic carbocycles. The second kappa shape index (κ2) is 8.93. The zero-order valence-corrected chi connectivity index (χ0v) is 11.6. The second-order valence-corrected chi connectivity index (χ2v) is 5.05. The molecule has 0 amide bonds. The summed E-state index contributed by atoms with van der Waals surface area (Å²) in [7, 11) is 0. The maximum atomic E-state index is 9.94. The summed E-state index contributed by atoms with van der Waals surface area (Å²) >= 11 is 0. The Kier molecular flexibility index (Phi) is 7.43. The molecule has 1 unspecified atom stereocenters. The lowest BCUT2D eigenvalue weighted by Gasteiger charge is -2.11. The number of allylic oxidation sites excluding steroid dienone is 1. The van der Waals surface area contributed by atoms with E-state index in [2.05, 4.69) is 37.8 Å². The largest absolute Gasteiger partial charge is 0.393 e. The number of hydrogen-bond acceptors (Lipinski definition) is 1. The fourth-order valence-corrected chi connectivity index (χ4v) is 2.20. The van der Waals surface area contributed by atoms with E-state index in [1.807, 2.05) is 6.08 Å². The van der Waals surface area contributed by atoms with Gasteiger partial charge in [-0.05, 0) is 50.2 Å². The average Bonchev–Trinajstić information content (AvgIpc) is 2.37. The zero-order chi connectivity index (χ0) is 13.2. The van der Waals surface area contributed by atoms with Crippen LogP contribution in [-0.2, 0) is 6.42 Å². The van der Waals surface area contributed by atoms with Gasteiger partial charge in [-0.1, -0.05) is 43.2 Å². The molecular formula is C17H26O. The van der Waals surface area contributed by atoms with Gasteiger partial charge in [-0.3, -0.25) is 0 Å². The minimum atomic E-state index is -0.145. The van der Waals surface area contributed by atoms with E-state index in [4.69, 9.17) is 0 Å². The van der Waals surface area contributed by atoms with E-state index in [1.165, 1.54) is 24.0 Å². The van der Waals surface area contributed by atoms with Crippen molar-refractivity contribution in [3.8, 4) is 0 Å². The standard InChI is InChI=1S/C17H26O/c1-3-4-5-6-7-12-17(18)14-13-16-11-9-8-10-15(16)2/h3,8-11,17-18H,1,4-7,12-14H2,2H3. The molecule has 0 aromatic heterocycles. The Hall–Kier alpha value is -1.08. The van der Waals surface area contributed by atoms with Gasteiger partial charge in [-0.25, -0.2) is 0 Å². The van der Waals surface area contributed by atoms with Gasteiger partial charge in [-0.2, -0.15) is 0 Å². The number of hydrogen-bond donors (Lipinski definition) is 1. The molecule has 0 aliphatic carbocycles. The first-order chi connectivity index (χ1) is 8.74. The average molecular weight is 246 g/mol. The van der Waals surface area contributed by atoms with Crippen molar-refractivity contribution < 1.29 is 5.11 Å². The van der Waals surface area contributed by atoms with Gasteiger partial charge in [-0.15, -0.1) is 6.58 Å². The van der Waals surface area contributed by atoms with Gasteiger partial charge < -0.3 is 5.11 Å². The minimum Gasteiger partial charge on any atom is -0.393 e. The van der Waals surface area contributed by atoms with Gasteiger partial charge >= 0.3 is 0 Å². The van der Waals surface area contributed by atoms with Crippen molar-refractivity contribution in [3.63, 3.8) is 0 Å². The van der Waals surface area contributed by atoms with Crippen LogP contribution in [0.3, 0.4) is 0 Å². The van der Waals surface area contributed by atoms with Crippen molar-refractivity contribution in [1.29, 1.82) is 0 Å². The van der Waals surface area contributed by atoms with Crippen LogP contribution in [0.15, 0.2) is 36.9 Å². The maximum absolute atomic E-state index is 9.94. The monoisotopic (exact) mass is 246 g/mol. The molecule has 0 saturated carbocycles. The van der Waals surface area contributed by atoms with Crippen LogP contribution in [0.2, 0.25) is 0 Å². The molecule has 18 heavy (non-hydrogen) atoms. The highest BCUT2D eigenvalue weighted by Gasteiger charge is 2.05. The van der Waals surface area contributed by atoms with Gasteiger partial charge in [0.15, 0.2) is 0 Å². The topological polar surface area (TPSA) is 20.2 Å². The van der Waals surface area contributed by atoms with Crippen LogP contribution in [0.4, 0.5) is 0 Å². The molecule has 1 atom stereocenters. The second-order valence-electron chi connectivity index (χ2n) is 5.05. The van der Waals surface area contributed by atoms with Crippen molar-refractivity contribution in [2.24, 2.45) is 0 Å². The van der Waals surface area contributed by atoms with Crippen molar-refractivity contribution in [1.82, 2.24) is 0 Å². The number of unbranched alkanes of at least 4 members (excludes halogenated alkanes) is 3. The Labute approximate surface area is 112 Å². The molecule has 1 N–H and O–H groups in total. The van der Waals surface area contributed by atoms with E-state index < -0.39 is 0 Å². The molecule has 0 saturated heterocycles. The van der Waals surface area contributed by atoms with Gasteiger partial charge in [0.2, 0.25) is 0 Å². The predicted octanol–water partition coefficient (Wildman–Crippen LogP) is 4.43. The lowest BCUT2D eigenvalue weighted by molar-refractivity contribution is 0.151. The molecule has 1 heteroatoms. The molecule has 1 aromatic rings. The zero-order valence-electron chi connectivity index (χ0n) is 11.6. The summed E-state index contributed by atoms with van der Waals surface area (Å²) in [6.45, 7) is 5.85. The highest BCUT2D eigenvalue weighted by Crippen LogP contribution is 2.14. The Morgan fingerprint density at radius 2 is 1.94 bits per heavy atom. The summed E-state index contributed by atoms with van der Waals surface area (Å²) in [4.78, 5) is 0. The van der Waals surface area contributed by atoms with Crippen LogP contribution in [0.25, 0.3) is 0 Å². The van der Waals surface area contributed by atoms with Gasteiger partial charge in [0.05, 0.1) is 6.10 Å². The van der Waals surface area contributed by atoms with Crippen LogP contribution >= 0.6 is 0 Å². The molecule has 0 bridgehead atoms. The molecule has 0 radical (unpaired) electrons. The molecule has 0 spiro atoms. The van der Waals surface area contributed by atoms with E-state index in [9.17, 15) is 5.11 Å². The quantitative estimate of drug-likeness (QED) is 0.505. The third kappa shape index (κ3) is 6.02. The highest BCUT2D eigenvalue weighted by molar-refractivity contribution is 5.25. The Balaban J connectivity index is 2.15. The number of benzene rings is 1. The fourth-order valence-electron chi connectivity index (χ4n) is 2.20. The molecule has 0 fully saturated rings. The molecule has 100 valence electrons. The van der Waals surface area contributed by atoms with Gasteiger partial charge in [0, 0.05) is 0 Å². The van der Waals surface area contributed by atoms with Crippen LogP contribution in [0.1, 0.15) is 49.7 Å². The van der Waals surface area contributed by atoms with Crippen molar-refractivity contribution in [2.45, 2.75) is 58.0 Å². The summed E-state index contributed by atoms with van der Waals surface area (Å²) in [5, 5.41) is 9.94. The van der Waals surface area contributed by atoms with Crippen LogP contribution in [0, 0.1) is 6.92 Å². The SMILES string of the molecule is C=CCCCCCC(O)CCc1ccccc1C. The summed E-state index contributed by atoms with van der Waals surface area (Å²) in [5.41, 5.74) is 2.69. The Morgan fingerprint density at radius 3 is 2.67 bits per heavy atom. The first-order valence-electron chi connectivity index (χ1n) is 7.07. The van der Waals surface area contributed by atoms with Crippen molar-refractivity contribution in [3.05, 3.63) is 48.0 Å². The summed E-state index contributed by atoms with van der Waals surface area (Å²) in [6.07, 6.45) is 9.25. The minimum absolute atomic E-state index is 0.145. The van der Waals surface area contributed by atoms with Crippen molar-refractivity contribution in [2.75, 3.05) is 0 Å². The number of aryl methyl sites for hydroxylation is 2. The lowest BCUT2D eigenvalue weighted by atomic mass is 9.99. The fraction of sp³-hybridized carbons (Fsp3) is 0.529. The van der Waals surface area contributed by atoms with Crippen LogP contribution in [-0.4, -0.2) is 11.2 Å². The third-order valence-corrected chi connectivity index (χ3v) is 3.45. The van der Waals surface area contributed by atoms with Crippen molar-refractivity contribution >= 4 is 0 Å². The van der Waals surface area contributed by atoms with Gasteiger partial charge in [0.1, 0.15) is 0 Å². The molecule has 0 aliphatic rings. The first kappa shape index (κ1) is 15.0. The molecule has 0 heterocycles. The van der Waals surface area contributed by atoms with E-state index in [-0.39, 0.29) is 6.10 Å². The van der Waals surface area contributed by atoms with E-state index in [0.29, 0.717) is 0 Å². The Morgan fingerprint density at radius 1 is 1.17 bits per heavy atom. The summed E-state index contributed by atoms with van der Waals surface area (Å²) in [6, 6.07) is 8.43. The van der Waals surface area contributed by atoms with E-state index in [1.54, 1.807) is 0 Å². The van der Waals surface area contributed by atoms with Crippen LogP contribution < -0.4 is 0 Å². The molecule has 1 nitrogen and oxygen atoms in total. The summed E-state index contributed by atoms with van der Waals surface area (Å²) < 4.78 is 0. The smallest absolute Gasteiger partial charge is 0.0543 e. The number of aliphatic hydroxyl groups is 1. The molecule has 0 aliphatic heterocycles. The maximum Gasteiger partial charge on any atom is 0.0543 e. The lowest BCUT2D eigenvalue weighted by Crippen LogP contribution is -2.08. The highest BCUT2D eigenvalue weighted by atomic mass is 16.3. The first-order valence-corrected chi connectivity index (χ1v) is 7.07. The van der Waals surface area contributed by atoms with Gasteiger partial charge in [0.25, 0.3) is 0 Å². The molecule has 1 rings (SSSR count). The molecular weight excluding hydrogens is 220 g/mol. The third-order valence-electron chi connectivity index (χ3n) is 3.45.